The van der Waals surface area contributed by atoms with Crippen LogP contribution >= 0.6 is 0 Å². The Morgan fingerprint density at radius 3 is 2.76 bits per heavy atom. The van der Waals surface area contributed by atoms with Crippen molar-refractivity contribution in [2.45, 2.75) is 31.2 Å². The van der Waals surface area contributed by atoms with E-state index in [1.54, 1.807) is 18.5 Å². The molecule has 1 N–H and O–H groups in total. The SMILES string of the molecule is C[C@@H](NC(=O)C1(c2cccc(F)c2)CC1)c1cccnc1. The summed E-state index contributed by atoms with van der Waals surface area (Å²) in [5, 5.41) is 3.02. The van der Waals surface area contributed by atoms with Crippen LogP contribution in [0.25, 0.3) is 0 Å². The van der Waals surface area contributed by atoms with E-state index in [2.05, 4.69) is 10.3 Å². The number of nitrogens with one attached hydrogen (secondary N) is 1. The van der Waals surface area contributed by atoms with Gasteiger partial charge in [-0.25, -0.2) is 4.39 Å². The second-order valence-electron chi connectivity index (χ2n) is 5.57. The molecule has 1 amide bonds. The highest BCUT2D eigenvalue weighted by Gasteiger charge is 2.51. The molecule has 4 heteroatoms. The number of hydrogen-bond donors (Lipinski definition) is 1. The molecule has 1 heterocycles. The lowest BCUT2D eigenvalue weighted by molar-refractivity contribution is -0.124. The van der Waals surface area contributed by atoms with Gasteiger partial charge < -0.3 is 5.32 Å². The number of hydrogen-bond acceptors (Lipinski definition) is 2. The standard InChI is InChI=1S/C17H17FN2O/c1-12(13-4-3-9-19-11-13)20-16(21)17(7-8-17)14-5-2-6-15(18)10-14/h2-6,9-12H,7-8H2,1H3,(H,20,21)/t12-/m1/s1. The van der Waals surface area contributed by atoms with Crippen molar-refractivity contribution in [2.24, 2.45) is 0 Å². The Hall–Kier alpha value is -2.23. The summed E-state index contributed by atoms with van der Waals surface area (Å²) in [6, 6.07) is 10.00. The maximum Gasteiger partial charge on any atom is 0.231 e. The third kappa shape index (κ3) is 2.66. The van der Waals surface area contributed by atoms with Crippen LogP contribution in [0.5, 0.6) is 0 Å². The van der Waals surface area contributed by atoms with Gasteiger partial charge in [-0.15, -0.1) is 0 Å². The first-order chi connectivity index (χ1) is 10.1. The molecule has 3 nitrogen and oxygen atoms in total. The summed E-state index contributed by atoms with van der Waals surface area (Å²) >= 11 is 0. The molecule has 0 saturated heterocycles. The van der Waals surface area contributed by atoms with Gasteiger partial charge in [0.2, 0.25) is 5.91 Å². The number of benzene rings is 1. The van der Waals surface area contributed by atoms with Gasteiger partial charge in [0.25, 0.3) is 0 Å². The quantitative estimate of drug-likeness (QED) is 0.937. The van der Waals surface area contributed by atoms with Gasteiger partial charge in [-0.05, 0) is 49.1 Å². The molecule has 3 rings (SSSR count). The van der Waals surface area contributed by atoms with Gasteiger partial charge in [-0.3, -0.25) is 9.78 Å². The van der Waals surface area contributed by atoms with Crippen molar-refractivity contribution in [3.05, 3.63) is 65.7 Å². The molecule has 108 valence electrons. The van der Waals surface area contributed by atoms with E-state index < -0.39 is 5.41 Å². The van der Waals surface area contributed by atoms with Crippen molar-refractivity contribution >= 4 is 5.91 Å². The van der Waals surface area contributed by atoms with Crippen LogP contribution in [-0.4, -0.2) is 10.9 Å². The molecule has 1 fully saturated rings. The minimum atomic E-state index is -0.557. The molecule has 0 radical (unpaired) electrons. The molecule has 1 aliphatic rings. The molecule has 1 saturated carbocycles. The molecule has 0 bridgehead atoms. The number of rotatable bonds is 4. The minimum absolute atomic E-state index is 0.0375. The normalized spacial score (nSPS) is 17.0. The van der Waals surface area contributed by atoms with Crippen LogP contribution in [0.3, 0.4) is 0 Å². The van der Waals surface area contributed by atoms with Gasteiger partial charge in [0.1, 0.15) is 5.82 Å². The summed E-state index contributed by atoms with van der Waals surface area (Å²) < 4.78 is 13.4. The van der Waals surface area contributed by atoms with E-state index in [0.717, 1.165) is 24.0 Å². The number of carbonyl (C=O) groups excluding carboxylic acids is 1. The maximum absolute atomic E-state index is 13.4. The van der Waals surface area contributed by atoms with E-state index in [-0.39, 0.29) is 17.8 Å². The van der Waals surface area contributed by atoms with E-state index in [0.29, 0.717) is 0 Å². The van der Waals surface area contributed by atoms with Crippen molar-refractivity contribution in [2.75, 3.05) is 0 Å². The molecule has 0 unspecified atom stereocenters. The minimum Gasteiger partial charge on any atom is -0.349 e. The van der Waals surface area contributed by atoms with Crippen LogP contribution in [-0.2, 0) is 10.2 Å². The monoisotopic (exact) mass is 284 g/mol. The summed E-state index contributed by atoms with van der Waals surface area (Å²) in [5.41, 5.74) is 1.16. The smallest absolute Gasteiger partial charge is 0.231 e. The summed E-state index contributed by atoms with van der Waals surface area (Å²) in [6.45, 7) is 1.93. The molecule has 1 aliphatic carbocycles. The maximum atomic E-state index is 13.4. The lowest BCUT2D eigenvalue weighted by Gasteiger charge is -2.20. The first kappa shape index (κ1) is 13.7. The number of amides is 1. The predicted molar refractivity (Wildman–Crippen MR) is 78.1 cm³/mol. The van der Waals surface area contributed by atoms with Crippen molar-refractivity contribution in [3.63, 3.8) is 0 Å². The molecule has 1 atom stereocenters. The second kappa shape index (κ2) is 5.28. The van der Waals surface area contributed by atoms with Gasteiger partial charge >= 0.3 is 0 Å². The highest BCUT2D eigenvalue weighted by Crippen LogP contribution is 2.48. The Morgan fingerprint density at radius 2 is 2.14 bits per heavy atom. The third-order valence-electron chi connectivity index (χ3n) is 4.09. The lowest BCUT2D eigenvalue weighted by Crippen LogP contribution is -2.36. The first-order valence-electron chi connectivity index (χ1n) is 7.09. The van der Waals surface area contributed by atoms with E-state index in [9.17, 15) is 9.18 Å². The average molecular weight is 284 g/mol. The van der Waals surface area contributed by atoms with Crippen molar-refractivity contribution in [1.82, 2.24) is 10.3 Å². The second-order valence-corrected chi connectivity index (χ2v) is 5.57. The highest BCUT2D eigenvalue weighted by atomic mass is 19.1. The largest absolute Gasteiger partial charge is 0.349 e. The Kier molecular flexibility index (Phi) is 3.45. The van der Waals surface area contributed by atoms with Gasteiger partial charge in [0.15, 0.2) is 0 Å². The number of nitrogens with zero attached hydrogens (tertiary/aromatic N) is 1. The Labute approximate surface area is 123 Å². The van der Waals surface area contributed by atoms with Gasteiger partial charge in [0, 0.05) is 12.4 Å². The van der Waals surface area contributed by atoms with E-state index in [4.69, 9.17) is 0 Å². The van der Waals surface area contributed by atoms with E-state index in [1.165, 1.54) is 12.1 Å². The van der Waals surface area contributed by atoms with Crippen LogP contribution in [0.4, 0.5) is 4.39 Å². The molecular formula is C17H17FN2O. The first-order valence-corrected chi connectivity index (χ1v) is 7.09. The zero-order valence-corrected chi connectivity index (χ0v) is 11.8. The number of aromatic nitrogens is 1. The van der Waals surface area contributed by atoms with Gasteiger partial charge in [0.05, 0.1) is 11.5 Å². The fraction of sp³-hybridized carbons (Fsp3) is 0.294. The van der Waals surface area contributed by atoms with Crippen LogP contribution in [0.2, 0.25) is 0 Å². The number of carbonyl (C=O) groups is 1. The zero-order chi connectivity index (χ0) is 14.9. The molecule has 1 aromatic heterocycles. The van der Waals surface area contributed by atoms with Crippen LogP contribution in [0.15, 0.2) is 48.8 Å². The van der Waals surface area contributed by atoms with Gasteiger partial charge in [-0.1, -0.05) is 18.2 Å². The van der Waals surface area contributed by atoms with E-state index in [1.807, 2.05) is 25.1 Å². The third-order valence-corrected chi connectivity index (χ3v) is 4.09. The Bertz CT molecular complexity index is 653. The van der Waals surface area contributed by atoms with Crippen LogP contribution in [0.1, 0.15) is 36.9 Å². The molecule has 21 heavy (non-hydrogen) atoms. The van der Waals surface area contributed by atoms with E-state index >= 15 is 0 Å². The fourth-order valence-electron chi connectivity index (χ4n) is 2.61. The molecule has 1 aromatic carbocycles. The van der Waals surface area contributed by atoms with Gasteiger partial charge in [-0.2, -0.15) is 0 Å². The summed E-state index contributed by atoms with van der Waals surface area (Å²) in [5.74, 6) is -0.337. The summed E-state index contributed by atoms with van der Waals surface area (Å²) in [6.07, 6.45) is 4.98. The van der Waals surface area contributed by atoms with Crippen molar-refractivity contribution < 1.29 is 9.18 Å². The number of pyridine rings is 1. The Balaban J connectivity index is 1.76. The van der Waals surface area contributed by atoms with Crippen LogP contribution in [0, 0.1) is 5.82 Å². The predicted octanol–water partition coefficient (Wildman–Crippen LogP) is 3.13. The molecule has 0 spiro atoms. The Morgan fingerprint density at radius 1 is 1.33 bits per heavy atom. The van der Waals surface area contributed by atoms with Crippen LogP contribution < -0.4 is 5.32 Å². The number of halogens is 1. The average Bonchev–Trinajstić information content (AvgIpc) is 3.30. The highest BCUT2D eigenvalue weighted by molar-refractivity contribution is 5.91. The molecule has 2 aromatic rings. The topological polar surface area (TPSA) is 42.0 Å². The fourth-order valence-corrected chi connectivity index (χ4v) is 2.61. The van der Waals surface area contributed by atoms with Crippen molar-refractivity contribution in [1.29, 1.82) is 0 Å². The summed E-state index contributed by atoms with van der Waals surface area (Å²) in [7, 11) is 0. The molecule has 0 aliphatic heterocycles. The van der Waals surface area contributed by atoms with Crippen molar-refractivity contribution in [3.8, 4) is 0 Å². The summed E-state index contributed by atoms with van der Waals surface area (Å²) in [4.78, 5) is 16.6. The lowest BCUT2D eigenvalue weighted by atomic mass is 9.94. The zero-order valence-electron chi connectivity index (χ0n) is 11.8. The molecular weight excluding hydrogens is 267 g/mol.